The first-order valence-electron chi connectivity index (χ1n) is 12.2. The number of nitrogens with zero attached hydrogens (tertiary/aromatic N) is 2. The molecule has 0 N–H and O–H groups in total. The molecule has 7 nitrogen and oxygen atoms in total. The van der Waals surface area contributed by atoms with Crippen LogP contribution in [0.25, 0.3) is 0 Å². The number of rotatable bonds is 7. The van der Waals surface area contributed by atoms with Gasteiger partial charge in [0.1, 0.15) is 0 Å². The van der Waals surface area contributed by atoms with Gasteiger partial charge in [-0.2, -0.15) is 0 Å². The summed E-state index contributed by atoms with van der Waals surface area (Å²) >= 11 is 0. The second-order valence-electron chi connectivity index (χ2n) is 8.87. The zero-order chi connectivity index (χ0) is 23.9. The molecule has 0 spiro atoms. The largest absolute Gasteiger partial charge is 0.493 e. The summed E-state index contributed by atoms with van der Waals surface area (Å²) in [4.78, 5) is 29.0. The third-order valence-electron chi connectivity index (χ3n) is 6.62. The number of ether oxygens (including phenoxy) is 3. The summed E-state index contributed by atoms with van der Waals surface area (Å²) in [6, 6.07) is 15.9. The van der Waals surface area contributed by atoms with Crippen molar-refractivity contribution in [3.63, 3.8) is 0 Å². The zero-order valence-corrected chi connectivity index (χ0v) is 20.1. The normalized spacial score (nSPS) is 18.6. The lowest BCUT2D eigenvalue weighted by atomic mass is 10.0. The molecule has 1 saturated carbocycles. The Balaban J connectivity index is 1.55. The molecule has 1 unspecified atom stereocenters. The van der Waals surface area contributed by atoms with Gasteiger partial charge in [-0.05, 0) is 56.7 Å². The number of anilines is 1. The van der Waals surface area contributed by atoms with Crippen molar-refractivity contribution in [2.75, 3.05) is 38.3 Å². The lowest BCUT2D eigenvalue weighted by Crippen LogP contribution is -2.57. The second-order valence-corrected chi connectivity index (χ2v) is 8.87. The van der Waals surface area contributed by atoms with Crippen LogP contribution in [0.4, 0.5) is 5.69 Å². The van der Waals surface area contributed by atoms with Gasteiger partial charge in [0, 0.05) is 31.4 Å². The van der Waals surface area contributed by atoms with Crippen LogP contribution in [-0.4, -0.2) is 62.3 Å². The van der Waals surface area contributed by atoms with Crippen molar-refractivity contribution in [2.45, 2.75) is 51.2 Å². The lowest BCUT2D eigenvalue weighted by molar-refractivity contribution is -0.161. The van der Waals surface area contributed by atoms with E-state index in [2.05, 4.69) is 4.90 Å². The Morgan fingerprint density at radius 2 is 1.76 bits per heavy atom. The highest BCUT2D eigenvalue weighted by Gasteiger charge is 2.35. The molecule has 4 rings (SSSR count). The summed E-state index contributed by atoms with van der Waals surface area (Å²) in [5.41, 5.74) is 2.14. The van der Waals surface area contributed by atoms with Gasteiger partial charge in [0.25, 0.3) is 0 Å². The molecule has 1 amide bonds. The van der Waals surface area contributed by atoms with E-state index < -0.39 is 11.9 Å². The second kappa shape index (κ2) is 11.3. The van der Waals surface area contributed by atoms with Gasteiger partial charge in [-0.3, -0.25) is 4.79 Å². The number of hydrogen-bond donors (Lipinski definition) is 0. The summed E-state index contributed by atoms with van der Waals surface area (Å²) in [6.07, 6.45) is 5.43. The number of piperazine rings is 1. The van der Waals surface area contributed by atoms with E-state index in [9.17, 15) is 9.59 Å². The fraction of sp³-hybridized carbons (Fsp3) is 0.481. The minimum atomic E-state index is -0.786. The Kier molecular flexibility index (Phi) is 7.93. The fourth-order valence-corrected chi connectivity index (χ4v) is 4.87. The Morgan fingerprint density at radius 3 is 2.47 bits per heavy atom. The number of esters is 1. The van der Waals surface area contributed by atoms with E-state index in [1.54, 1.807) is 18.9 Å². The van der Waals surface area contributed by atoms with Gasteiger partial charge in [-0.25, -0.2) is 4.79 Å². The molecule has 0 radical (unpaired) electrons. The van der Waals surface area contributed by atoms with E-state index in [-0.39, 0.29) is 18.8 Å². The third-order valence-corrected chi connectivity index (χ3v) is 6.62. The van der Waals surface area contributed by atoms with Crippen LogP contribution in [0, 0.1) is 0 Å². The predicted octanol–water partition coefficient (Wildman–Crippen LogP) is 3.84. The minimum absolute atomic E-state index is 0.158. The molecule has 1 aliphatic heterocycles. The number of carbonyl (C=O) groups excluding carboxylic acids is 2. The molecule has 2 aromatic carbocycles. The van der Waals surface area contributed by atoms with Gasteiger partial charge in [-0.15, -0.1) is 0 Å². The maximum atomic E-state index is 12.9. The van der Waals surface area contributed by atoms with Crippen LogP contribution in [-0.2, 0) is 20.7 Å². The number of benzene rings is 2. The van der Waals surface area contributed by atoms with Gasteiger partial charge in [0.15, 0.2) is 11.5 Å². The molecule has 7 heteroatoms. The zero-order valence-electron chi connectivity index (χ0n) is 20.1. The number of methoxy groups -OCH3 is 1. The highest BCUT2D eigenvalue weighted by atomic mass is 16.5. The van der Waals surface area contributed by atoms with Crippen molar-refractivity contribution in [3.8, 4) is 11.5 Å². The molecular weight excluding hydrogens is 432 g/mol. The van der Waals surface area contributed by atoms with Crippen LogP contribution >= 0.6 is 0 Å². The third kappa shape index (κ3) is 5.64. The molecule has 2 fully saturated rings. The van der Waals surface area contributed by atoms with E-state index in [1.807, 2.05) is 48.5 Å². The van der Waals surface area contributed by atoms with Crippen molar-refractivity contribution in [1.82, 2.24) is 4.90 Å². The van der Waals surface area contributed by atoms with E-state index in [4.69, 9.17) is 14.2 Å². The van der Waals surface area contributed by atoms with Crippen LogP contribution in [0.2, 0.25) is 0 Å². The summed E-state index contributed by atoms with van der Waals surface area (Å²) in [5.74, 6) is 0.136. The maximum absolute atomic E-state index is 12.9. The molecular formula is C27H34N2O5. The topological polar surface area (TPSA) is 68.3 Å². The molecule has 182 valence electrons. The van der Waals surface area contributed by atoms with E-state index in [0.717, 1.165) is 35.6 Å². The van der Waals surface area contributed by atoms with Gasteiger partial charge in [0.05, 0.1) is 25.9 Å². The summed E-state index contributed by atoms with van der Waals surface area (Å²) in [5, 5.41) is 0. The first kappa shape index (κ1) is 23.9. The monoisotopic (exact) mass is 466 g/mol. The SMILES string of the molecule is CCOC(=O)C(=O)N1CCN(c2ccc(OC)c(OC3CCCC3)c2)CC1Cc1ccccc1. The molecule has 34 heavy (non-hydrogen) atoms. The number of carbonyl (C=O) groups is 2. The van der Waals surface area contributed by atoms with Crippen molar-refractivity contribution >= 4 is 17.6 Å². The Hall–Kier alpha value is -3.22. The van der Waals surface area contributed by atoms with Crippen LogP contribution in [0.15, 0.2) is 48.5 Å². The molecule has 0 bridgehead atoms. The summed E-state index contributed by atoms with van der Waals surface area (Å²) in [6.45, 7) is 3.56. The quantitative estimate of drug-likeness (QED) is 0.456. The average Bonchev–Trinajstić information content (AvgIpc) is 3.37. The first-order chi connectivity index (χ1) is 16.6. The smallest absolute Gasteiger partial charge is 0.397 e. The molecule has 2 aromatic rings. The van der Waals surface area contributed by atoms with E-state index in [0.29, 0.717) is 26.1 Å². The minimum Gasteiger partial charge on any atom is -0.493 e. The average molecular weight is 467 g/mol. The van der Waals surface area contributed by atoms with Crippen LogP contribution in [0.1, 0.15) is 38.2 Å². The van der Waals surface area contributed by atoms with Crippen molar-refractivity contribution in [1.29, 1.82) is 0 Å². The summed E-state index contributed by atoms with van der Waals surface area (Å²) < 4.78 is 16.8. The Morgan fingerprint density at radius 1 is 1.00 bits per heavy atom. The Bertz CT molecular complexity index is 974. The molecule has 1 heterocycles. The van der Waals surface area contributed by atoms with Crippen LogP contribution in [0.5, 0.6) is 11.5 Å². The summed E-state index contributed by atoms with van der Waals surface area (Å²) in [7, 11) is 1.66. The highest BCUT2D eigenvalue weighted by Crippen LogP contribution is 2.35. The molecule has 1 saturated heterocycles. The van der Waals surface area contributed by atoms with Crippen LogP contribution in [0.3, 0.4) is 0 Å². The standard InChI is InChI=1S/C27H34N2O5/c1-3-33-27(31)26(30)29-16-15-28(19-22(29)17-20-9-5-4-6-10-20)21-13-14-24(32-2)25(18-21)34-23-11-7-8-12-23/h4-6,9-10,13-14,18,22-23H,3,7-8,11-12,15-17,19H2,1-2H3. The predicted molar refractivity (Wildman–Crippen MR) is 130 cm³/mol. The highest BCUT2D eigenvalue weighted by molar-refractivity contribution is 6.32. The molecule has 2 aliphatic rings. The van der Waals surface area contributed by atoms with Crippen molar-refractivity contribution < 1.29 is 23.8 Å². The van der Waals surface area contributed by atoms with E-state index in [1.165, 1.54) is 12.8 Å². The Labute approximate surface area is 201 Å². The van der Waals surface area contributed by atoms with Crippen molar-refractivity contribution in [2.24, 2.45) is 0 Å². The molecule has 1 atom stereocenters. The number of hydrogen-bond acceptors (Lipinski definition) is 6. The van der Waals surface area contributed by atoms with Crippen molar-refractivity contribution in [3.05, 3.63) is 54.1 Å². The maximum Gasteiger partial charge on any atom is 0.397 e. The van der Waals surface area contributed by atoms with Crippen LogP contribution < -0.4 is 14.4 Å². The van der Waals surface area contributed by atoms with Gasteiger partial charge in [0.2, 0.25) is 0 Å². The lowest BCUT2D eigenvalue weighted by Gasteiger charge is -2.42. The molecule has 0 aromatic heterocycles. The van der Waals surface area contributed by atoms with Gasteiger partial charge < -0.3 is 24.0 Å². The van der Waals surface area contributed by atoms with Gasteiger partial charge >= 0.3 is 11.9 Å². The fourth-order valence-electron chi connectivity index (χ4n) is 4.87. The first-order valence-corrected chi connectivity index (χ1v) is 12.2. The van der Waals surface area contributed by atoms with Gasteiger partial charge in [-0.1, -0.05) is 30.3 Å². The number of amides is 1. The van der Waals surface area contributed by atoms with E-state index >= 15 is 0 Å². The molecule has 1 aliphatic carbocycles.